The van der Waals surface area contributed by atoms with E-state index in [1.54, 1.807) is 36.4 Å². The van der Waals surface area contributed by atoms with E-state index < -0.39 is 29.8 Å². The molecule has 6 rings (SSSR count). The first-order chi connectivity index (χ1) is 16.8. The molecule has 174 valence electrons. The summed E-state index contributed by atoms with van der Waals surface area (Å²) in [7, 11) is 0. The van der Waals surface area contributed by atoms with Crippen molar-refractivity contribution in [3.63, 3.8) is 0 Å². The molecule has 3 unspecified atom stereocenters. The maximum atomic E-state index is 14.0. The topological polar surface area (TPSA) is 93.5 Å². The van der Waals surface area contributed by atoms with Crippen LogP contribution in [0.15, 0.2) is 54.6 Å². The van der Waals surface area contributed by atoms with Gasteiger partial charge in [0.15, 0.2) is 12.1 Å². The average molecular weight is 491 g/mol. The number of nitrogens with zero attached hydrogens (tertiary/aromatic N) is 4. The Kier molecular flexibility index (Phi) is 4.70. The Labute approximate surface area is 204 Å². The van der Waals surface area contributed by atoms with Crippen LogP contribution in [-0.2, 0) is 9.59 Å². The van der Waals surface area contributed by atoms with E-state index in [-0.39, 0.29) is 22.1 Å². The van der Waals surface area contributed by atoms with Crippen molar-refractivity contribution < 1.29 is 23.3 Å². The molecule has 1 spiro atoms. The van der Waals surface area contributed by atoms with Crippen molar-refractivity contribution in [2.24, 2.45) is 0 Å². The van der Waals surface area contributed by atoms with E-state index in [0.717, 1.165) is 6.07 Å². The van der Waals surface area contributed by atoms with Crippen LogP contribution in [-0.4, -0.2) is 59.1 Å². The van der Waals surface area contributed by atoms with Gasteiger partial charge < -0.3 is 5.32 Å². The summed E-state index contributed by atoms with van der Waals surface area (Å²) in [5, 5.41) is 13.3. The second-order valence-electron chi connectivity index (χ2n) is 9.00. The Morgan fingerprint density at radius 3 is 2.63 bits per heavy atom. The summed E-state index contributed by atoms with van der Waals surface area (Å²) >= 11 is 5.84. The fourth-order valence-corrected chi connectivity index (χ4v) is 5.82. The van der Waals surface area contributed by atoms with Crippen LogP contribution in [0.2, 0.25) is 5.02 Å². The Bertz CT molecular complexity index is 1500. The summed E-state index contributed by atoms with van der Waals surface area (Å²) < 4.78 is 13.2. The van der Waals surface area contributed by atoms with Gasteiger partial charge in [-0.3, -0.25) is 9.59 Å². The van der Waals surface area contributed by atoms with E-state index in [9.17, 15) is 24.0 Å². The van der Waals surface area contributed by atoms with Gasteiger partial charge in [-0.2, -0.15) is 10.2 Å². The number of carbonyl (C=O) groups excluding carboxylic acids is 3. The molecule has 4 atom stereocenters. The third kappa shape index (κ3) is 2.94. The number of carbonyl (C=O) groups is 3. The largest absolute Gasteiger partial charge is 0.433 e. The number of rotatable bonds is 3. The molecule has 8 nitrogen and oxygen atoms in total. The van der Waals surface area contributed by atoms with Crippen LogP contribution < -0.4 is 10.2 Å². The summed E-state index contributed by atoms with van der Waals surface area (Å²) in [4.78, 5) is 44.0. The van der Waals surface area contributed by atoms with Gasteiger partial charge in [0.1, 0.15) is 12.5 Å². The molecule has 2 bridgehead atoms. The van der Waals surface area contributed by atoms with Gasteiger partial charge in [0, 0.05) is 16.5 Å². The van der Waals surface area contributed by atoms with Gasteiger partial charge in [0.05, 0.1) is 35.4 Å². The Hall–Kier alpha value is -3.84. The zero-order valence-corrected chi connectivity index (χ0v) is 19.0. The lowest BCUT2D eigenvalue weighted by Crippen LogP contribution is -2.63. The quantitative estimate of drug-likeness (QED) is 0.448. The third-order valence-corrected chi connectivity index (χ3v) is 7.50. The molecule has 3 aliphatic rings. The molecule has 1 N–H and O–H groups in total. The molecule has 3 aromatic carbocycles. The predicted octanol–water partition coefficient (Wildman–Crippen LogP) is 3.45. The minimum Gasteiger partial charge on any atom is -0.321 e. The van der Waals surface area contributed by atoms with Gasteiger partial charge in [0.25, 0.3) is 11.8 Å². The first-order valence-electron chi connectivity index (χ1n) is 11.0. The van der Waals surface area contributed by atoms with Gasteiger partial charge in [-0.15, -0.1) is 0 Å². The van der Waals surface area contributed by atoms with Crippen molar-refractivity contribution in [1.29, 1.82) is 5.26 Å². The normalized spacial score (nSPS) is 26.8. The SMILES string of the molecule is N#Cc1ccc(N2C(=O)C3C[N@]4CC(C(=O)Nc5ccc(F)c(Cl)c5)[N+]3(C4)C2=O)c2ccccc12. The van der Waals surface area contributed by atoms with E-state index in [2.05, 4.69) is 11.4 Å². The number of urea groups is 1. The first kappa shape index (κ1) is 21.7. The average Bonchev–Trinajstić information content (AvgIpc) is 3.49. The molecule has 3 aromatic rings. The first-order valence-corrected chi connectivity index (χ1v) is 11.4. The van der Waals surface area contributed by atoms with Gasteiger partial charge in [-0.25, -0.2) is 18.6 Å². The number of piperazine rings is 1. The number of halogens is 2. The van der Waals surface area contributed by atoms with Crippen LogP contribution in [0.3, 0.4) is 0 Å². The van der Waals surface area contributed by atoms with E-state index in [0.29, 0.717) is 40.8 Å². The number of hydrogen-bond donors (Lipinski definition) is 1. The number of hydrogen-bond acceptors (Lipinski definition) is 5. The number of fused-ring (bicyclic) bond motifs is 2. The van der Waals surface area contributed by atoms with Crippen LogP contribution in [0.4, 0.5) is 20.6 Å². The van der Waals surface area contributed by atoms with Crippen molar-refractivity contribution in [3.05, 3.63) is 71.0 Å². The fourth-order valence-electron chi connectivity index (χ4n) is 5.64. The molecule has 35 heavy (non-hydrogen) atoms. The lowest BCUT2D eigenvalue weighted by molar-refractivity contribution is -0.852. The van der Waals surface area contributed by atoms with Gasteiger partial charge in [-0.1, -0.05) is 35.9 Å². The Balaban J connectivity index is 1.39. The highest BCUT2D eigenvalue weighted by molar-refractivity contribution is 6.31. The molecule has 0 aromatic heterocycles. The van der Waals surface area contributed by atoms with Gasteiger partial charge in [0.2, 0.25) is 0 Å². The highest BCUT2D eigenvalue weighted by Gasteiger charge is 2.73. The monoisotopic (exact) mass is 490 g/mol. The summed E-state index contributed by atoms with van der Waals surface area (Å²) in [5.74, 6) is -1.41. The predicted molar refractivity (Wildman–Crippen MR) is 126 cm³/mol. The number of amides is 4. The van der Waals surface area contributed by atoms with E-state index >= 15 is 0 Å². The molecule has 3 heterocycles. The van der Waals surface area contributed by atoms with Crippen LogP contribution in [0.1, 0.15) is 5.56 Å². The molecular weight excluding hydrogens is 473 g/mol. The molecule has 3 aliphatic heterocycles. The van der Waals surface area contributed by atoms with Gasteiger partial charge in [-0.05, 0) is 30.3 Å². The molecule has 0 radical (unpaired) electrons. The third-order valence-electron chi connectivity index (χ3n) is 7.21. The summed E-state index contributed by atoms with van der Waals surface area (Å²) in [6.07, 6.45) is 0. The Morgan fingerprint density at radius 1 is 1.11 bits per heavy atom. The van der Waals surface area contributed by atoms with Crippen LogP contribution in [0.25, 0.3) is 10.8 Å². The van der Waals surface area contributed by atoms with Gasteiger partial charge >= 0.3 is 6.03 Å². The fraction of sp³-hybridized carbons (Fsp3) is 0.200. The number of nitrogens with one attached hydrogen (secondary N) is 1. The van der Waals surface area contributed by atoms with Crippen molar-refractivity contribution in [1.82, 2.24) is 4.90 Å². The maximum Gasteiger partial charge on any atom is 0.433 e. The maximum absolute atomic E-state index is 14.0. The van der Waals surface area contributed by atoms with Crippen molar-refractivity contribution >= 4 is 51.6 Å². The second-order valence-corrected chi connectivity index (χ2v) is 9.41. The van der Waals surface area contributed by atoms with Crippen LogP contribution in [0.5, 0.6) is 0 Å². The van der Waals surface area contributed by atoms with E-state index in [4.69, 9.17) is 11.6 Å². The zero-order chi connectivity index (χ0) is 24.5. The van der Waals surface area contributed by atoms with Crippen molar-refractivity contribution in [3.8, 4) is 6.07 Å². The molecule has 0 aliphatic carbocycles. The highest BCUT2D eigenvalue weighted by Crippen LogP contribution is 2.45. The molecule has 4 amide bonds. The number of imide groups is 1. The van der Waals surface area contributed by atoms with E-state index in [1.807, 2.05) is 4.90 Å². The number of quaternary nitrogens is 1. The molecule has 0 saturated carbocycles. The number of anilines is 2. The Morgan fingerprint density at radius 2 is 1.89 bits per heavy atom. The molecule has 3 fully saturated rings. The van der Waals surface area contributed by atoms with Crippen molar-refractivity contribution in [2.45, 2.75) is 12.1 Å². The minimum atomic E-state index is -0.816. The molecule has 10 heteroatoms. The summed E-state index contributed by atoms with van der Waals surface area (Å²) in [6, 6.07) is 14.3. The molecule has 3 saturated heterocycles. The number of benzene rings is 3. The zero-order valence-electron chi connectivity index (χ0n) is 18.2. The van der Waals surface area contributed by atoms with Crippen molar-refractivity contribution in [2.75, 3.05) is 30.0 Å². The lowest BCUT2D eigenvalue weighted by Gasteiger charge is -2.32. The number of nitriles is 1. The summed E-state index contributed by atoms with van der Waals surface area (Å²) in [5.41, 5.74) is 1.15. The summed E-state index contributed by atoms with van der Waals surface area (Å²) in [6.45, 7) is 0.946. The van der Waals surface area contributed by atoms with Crippen LogP contribution >= 0.6 is 11.6 Å². The molecular formula is C25H18ClFN5O3+. The highest BCUT2D eigenvalue weighted by atomic mass is 35.5. The lowest BCUT2D eigenvalue weighted by atomic mass is 10.0. The van der Waals surface area contributed by atoms with E-state index in [1.165, 1.54) is 17.0 Å². The van der Waals surface area contributed by atoms with Crippen LogP contribution in [0, 0.1) is 17.1 Å². The second kappa shape index (κ2) is 7.58. The standard InChI is InChI=1S/C25H17ClFN5O3/c26-18-9-15(6-7-19(18)27)29-23(33)21-11-30-12-22-24(34)31(25(35)32(21,22)13-30)20-8-5-14(10-28)16-3-1-2-4-17(16)20/h1-9,21-22H,11-13H2/p+1. The minimum absolute atomic E-state index is 0.129. The smallest absolute Gasteiger partial charge is 0.321 e.